The van der Waals surface area contributed by atoms with Crippen LogP contribution in [0, 0.1) is 0 Å². The van der Waals surface area contributed by atoms with Crippen molar-refractivity contribution in [2.24, 2.45) is 0 Å². The highest BCUT2D eigenvalue weighted by molar-refractivity contribution is 5.77. The number of aliphatic hydroxyl groups excluding tert-OH is 1. The van der Waals surface area contributed by atoms with E-state index in [0.29, 0.717) is 10.4 Å². The molecular formula is C19H28BrNO3. The Kier molecular flexibility index (Phi) is 6.46. The minimum Gasteiger partial charge on any atom is -1.00 e. The Balaban J connectivity index is 0.00000208. The average molecular weight is 398 g/mol. The topological polar surface area (TPSA) is 46.5 Å². The zero-order chi connectivity index (χ0) is 16.4. The maximum atomic E-state index is 12.5. The lowest BCUT2D eigenvalue weighted by atomic mass is 9.90. The number of hydrogen-bond acceptors (Lipinski definition) is 3. The molecule has 1 aromatic rings. The Morgan fingerprint density at radius 1 is 1.17 bits per heavy atom. The van der Waals surface area contributed by atoms with Crippen LogP contribution in [0.2, 0.25) is 0 Å². The maximum absolute atomic E-state index is 12.5. The third-order valence-electron chi connectivity index (χ3n) is 5.53. The molecule has 0 amide bonds. The lowest BCUT2D eigenvalue weighted by Crippen LogP contribution is -3.00. The Morgan fingerprint density at radius 3 is 2.46 bits per heavy atom. The summed E-state index contributed by atoms with van der Waals surface area (Å²) in [4.78, 5) is 12.5. The summed E-state index contributed by atoms with van der Waals surface area (Å²) in [7, 11) is 4.15. The van der Waals surface area contributed by atoms with Crippen LogP contribution >= 0.6 is 0 Å². The minimum atomic E-state index is -1.17. The number of carbonyl (C=O) groups is 1. The molecule has 2 atom stereocenters. The van der Waals surface area contributed by atoms with Gasteiger partial charge in [-0.2, -0.15) is 0 Å². The number of halogens is 1. The van der Waals surface area contributed by atoms with Gasteiger partial charge in [0.05, 0.1) is 20.6 Å². The first-order valence-electron chi connectivity index (χ1n) is 8.79. The molecular weight excluding hydrogens is 370 g/mol. The molecule has 5 heteroatoms. The Morgan fingerprint density at radius 2 is 1.83 bits per heavy atom. The Hall–Kier alpha value is -0.910. The van der Waals surface area contributed by atoms with Crippen LogP contribution in [-0.2, 0) is 9.53 Å². The van der Waals surface area contributed by atoms with Crippen LogP contribution in [-0.4, -0.2) is 42.4 Å². The SMILES string of the molecule is C[N+]1(C)CCCC1OC(=O)C(O)c1ccccc1C1CCCC1.[Br-]. The van der Waals surface area contributed by atoms with E-state index in [1.54, 1.807) is 0 Å². The van der Waals surface area contributed by atoms with Gasteiger partial charge >= 0.3 is 5.97 Å². The highest BCUT2D eigenvalue weighted by atomic mass is 79.9. The predicted molar refractivity (Wildman–Crippen MR) is 88.7 cm³/mol. The molecule has 1 saturated carbocycles. The highest BCUT2D eigenvalue weighted by Gasteiger charge is 2.39. The molecule has 1 aliphatic heterocycles. The van der Waals surface area contributed by atoms with Crippen molar-refractivity contribution in [2.75, 3.05) is 20.6 Å². The van der Waals surface area contributed by atoms with Gasteiger partial charge in [-0.25, -0.2) is 4.79 Å². The van der Waals surface area contributed by atoms with Gasteiger partial charge in [-0.05, 0) is 29.9 Å². The summed E-state index contributed by atoms with van der Waals surface area (Å²) in [6.07, 6.45) is 5.36. The van der Waals surface area contributed by atoms with E-state index in [9.17, 15) is 9.90 Å². The summed E-state index contributed by atoms with van der Waals surface area (Å²) in [6, 6.07) is 7.80. The molecule has 4 nitrogen and oxygen atoms in total. The standard InChI is InChI=1S/C19H28NO3.BrH/c1-20(2)13-7-12-17(20)23-19(22)18(21)16-11-6-5-10-15(16)14-8-3-4-9-14;/h5-6,10-11,14,17-18,21H,3-4,7-9,12-13H2,1-2H3;1H/q+1;/p-1. The number of likely N-dealkylation sites (tertiary alicyclic amines) is 1. The van der Waals surface area contributed by atoms with E-state index in [2.05, 4.69) is 20.2 Å². The molecule has 1 saturated heterocycles. The number of benzene rings is 1. The van der Waals surface area contributed by atoms with E-state index in [0.717, 1.165) is 43.4 Å². The molecule has 0 spiro atoms. The van der Waals surface area contributed by atoms with Crippen LogP contribution in [0.25, 0.3) is 0 Å². The number of rotatable bonds is 4. The molecule has 1 aromatic carbocycles. The number of aliphatic hydroxyl groups is 1. The molecule has 0 radical (unpaired) electrons. The van der Waals surface area contributed by atoms with Crippen molar-refractivity contribution >= 4 is 5.97 Å². The lowest BCUT2D eigenvalue weighted by Gasteiger charge is -2.31. The van der Waals surface area contributed by atoms with Gasteiger partial charge in [0.1, 0.15) is 0 Å². The fourth-order valence-electron chi connectivity index (χ4n) is 4.06. The fourth-order valence-corrected chi connectivity index (χ4v) is 4.06. The summed E-state index contributed by atoms with van der Waals surface area (Å²) >= 11 is 0. The van der Waals surface area contributed by atoms with Crippen molar-refractivity contribution < 1.29 is 36.1 Å². The van der Waals surface area contributed by atoms with Gasteiger partial charge in [0, 0.05) is 12.8 Å². The van der Waals surface area contributed by atoms with E-state index in [1.165, 1.54) is 12.8 Å². The predicted octanol–water partition coefficient (Wildman–Crippen LogP) is 0.121. The molecule has 0 bridgehead atoms. The summed E-state index contributed by atoms with van der Waals surface area (Å²) in [5.74, 6) is -0.0408. The minimum absolute atomic E-state index is 0. The quantitative estimate of drug-likeness (QED) is 0.579. The smallest absolute Gasteiger partial charge is 0.344 e. The molecule has 3 rings (SSSR count). The second kappa shape index (κ2) is 7.98. The molecule has 2 fully saturated rings. The second-order valence-electron chi connectivity index (χ2n) is 7.55. The van der Waals surface area contributed by atoms with Crippen molar-refractivity contribution in [1.29, 1.82) is 0 Å². The maximum Gasteiger partial charge on any atom is 0.344 e. The molecule has 2 unspecified atom stereocenters. The van der Waals surface area contributed by atoms with Gasteiger partial charge in [-0.3, -0.25) is 4.48 Å². The first-order chi connectivity index (χ1) is 11.0. The number of carbonyl (C=O) groups excluding carboxylic acids is 1. The Labute approximate surface area is 155 Å². The first kappa shape index (κ1) is 19.4. The summed E-state index contributed by atoms with van der Waals surface area (Å²) < 4.78 is 6.33. The average Bonchev–Trinajstić information content (AvgIpc) is 3.17. The zero-order valence-corrected chi connectivity index (χ0v) is 16.2. The van der Waals surface area contributed by atoms with E-state index in [1.807, 2.05) is 18.2 Å². The normalized spacial score (nSPS) is 24.4. The van der Waals surface area contributed by atoms with Crippen molar-refractivity contribution in [3.05, 3.63) is 35.4 Å². The number of hydrogen-bond donors (Lipinski definition) is 1. The van der Waals surface area contributed by atoms with Crippen LogP contribution < -0.4 is 17.0 Å². The van der Waals surface area contributed by atoms with Crippen LogP contribution in [0.1, 0.15) is 61.7 Å². The van der Waals surface area contributed by atoms with Crippen LogP contribution in [0.15, 0.2) is 24.3 Å². The molecule has 2 aliphatic rings. The molecule has 24 heavy (non-hydrogen) atoms. The largest absolute Gasteiger partial charge is 1.00 e. The van der Waals surface area contributed by atoms with Crippen LogP contribution in [0.4, 0.5) is 0 Å². The molecule has 1 N–H and O–H groups in total. The third-order valence-corrected chi connectivity index (χ3v) is 5.53. The molecule has 0 aromatic heterocycles. The second-order valence-corrected chi connectivity index (χ2v) is 7.55. The molecule has 134 valence electrons. The van der Waals surface area contributed by atoms with Gasteiger partial charge in [0.15, 0.2) is 6.10 Å². The number of esters is 1. The number of nitrogens with zero attached hydrogens (tertiary/aromatic N) is 1. The molecule has 1 aliphatic carbocycles. The van der Waals surface area contributed by atoms with E-state index < -0.39 is 12.1 Å². The van der Waals surface area contributed by atoms with Crippen molar-refractivity contribution in [3.8, 4) is 0 Å². The van der Waals surface area contributed by atoms with Crippen molar-refractivity contribution in [2.45, 2.75) is 56.8 Å². The first-order valence-corrected chi connectivity index (χ1v) is 8.79. The zero-order valence-electron chi connectivity index (χ0n) is 14.6. The van der Waals surface area contributed by atoms with Gasteiger partial charge < -0.3 is 26.8 Å². The molecule has 1 heterocycles. The van der Waals surface area contributed by atoms with Gasteiger partial charge in [0.25, 0.3) is 0 Å². The van der Waals surface area contributed by atoms with Crippen LogP contribution in [0.3, 0.4) is 0 Å². The summed E-state index contributed by atoms with van der Waals surface area (Å²) in [6.45, 7) is 1.01. The monoisotopic (exact) mass is 397 g/mol. The van der Waals surface area contributed by atoms with E-state index >= 15 is 0 Å². The van der Waals surface area contributed by atoms with Gasteiger partial charge in [-0.1, -0.05) is 37.1 Å². The number of ether oxygens (including phenoxy) is 1. The summed E-state index contributed by atoms with van der Waals surface area (Å²) in [5, 5.41) is 10.6. The lowest BCUT2D eigenvalue weighted by molar-refractivity contribution is -0.921. The Bertz CT molecular complexity index is 569. The van der Waals surface area contributed by atoms with Gasteiger partial charge in [-0.15, -0.1) is 0 Å². The third kappa shape index (κ3) is 4.01. The van der Waals surface area contributed by atoms with E-state index in [4.69, 9.17) is 4.74 Å². The highest BCUT2D eigenvalue weighted by Crippen LogP contribution is 2.38. The fraction of sp³-hybridized carbons (Fsp3) is 0.632. The van der Waals surface area contributed by atoms with Gasteiger partial charge in [0.2, 0.25) is 6.23 Å². The van der Waals surface area contributed by atoms with Crippen molar-refractivity contribution in [3.63, 3.8) is 0 Å². The van der Waals surface area contributed by atoms with Crippen molar-refractivity contribution in [1.82, 2.24) is 0 Å². The summed E-state index contributed by atoms with van der Waals surface area (Å²) in [5.41, 5.74) is 1.85. The van der Waals surface area contributed by atoms with E-state index in [-0.39, 0.29) is 23.2 Å². The van der Waals surface area contributed by atoms with Crippen LogP contribution in [0.5, 0.6) is 0 Å². The number of quaternary nitrogens is 1.